The van der Waals surface area contributed by atoms with Gasteiger partial charge in [0.15, 0.2) is 0 Å². The van der Waals surface area contributed by atoms with Crippen molar-refractivity contribution in [3.8, 4) is 22.6 Å². The van der Waals surface area contributed by atoms with Gasteiger partial charge in [-0.1, -0.05) is 0 Å². The van der Waals surface area contributed by atoms with Crippen LogP contribution in [0, 0.1) is 0 Å². The van der Waals surface area contributed by atoms with Gasteiger partial charge >= 0.3 is 0 Å². The Labute approximate surface area is 110 Å². The van der Waals surface area contributed by atoms with Gasteiger partial charge in [-0.15, -0.1) is 11.8 Å². The molecular formula is C12H15N3O2S. The maximum Gasteiger partial charge on any atom is 0.140 e. The van der Waals surface area contributed by atoms with E-state index in [0.29, 0.717) is 5.82 Å². The van der Waals surface area contributed by atoms with Crippen LogP contribution in [0.4, 0.5) is 5.82 Å². The van der Waals surface area contributed by atoms with Gasteiger partial charge in [0, 0.05) is 11.1 Å². The van der Waals surface area contributed by atoms with Gasteiger partial charge in [0.05, 0.1) is 25.3 Å². The second-order valence-electron chi connectivity index (χ2n) is 3.61. The first-order chi connectivity index (χ1) is 8.71. The molecule has 0 radical (unpaired) electrons. The third-order valence-corrected chi connectivity index (χ3v) is 3.39. The second kappa shape index (κ2) is 5.22. The van der Waals surface area contributed by atoms with E-state index in [1.807, 2.05) is 18.4 Å². The van der Waals surface area contributed by atoms with Crippen LogP contribution in [0.5, 0.6) is 11.5 Å². The van der Waals surface area contributed by atoms with Gasteiger partial charge in [-0.3, -0.25) is 5.10 Å². The lowest BCUT2D eigenvalue weighted by Crippen LogP contribution is -1.95. The Morgan fingerprint density at radius 3 is 2.50 bits per heavy atom. The number of benzene rings is 1. The lowest BCUT2D eigenvalue weighted by molar-refractivity contribution is 0.396. The fraction of sp³-hybridized carbons (Fsp3) is 0.250. The molecule has 0 aliphatic rings. The van der Waals surface area contributed by atoms with Gasteiger partial charge in [-0.05, 0) is 18.4 Å². The summed E-state index contributed by atoms with van der Waals surface area (Å²) < 4.78 is 10.8. The number of aromatic nitrogens is 2. The second-order valence-corrected chi connectivity index (χ2v) is 4.46. The molecule has 0 aliphatic carbocycles. The quantitative estimate of drug-likeness (QED) is 0.830. The SMILES string of the molecule is COc1cc(SC)c(OC)c(-c2cn[nH]c2N)c1. The van der Waals surface area contributed by atoms with Crippen molar-refractivity contribution < 1.29 is 9.47 Å². The number of anilines is 1. The minimum Gasteiger partial charge on any atom is -0.497 e. The van der Waals surface area contributed by atoms with E-state index in [0.717, 1.165) is 27.5 Å². The largest absolute Gasteiger partial charge is 0.497 e. The first-order valence-corrected chi connectivity index (χ1v) is 6.53. The van der Waals surface area contributed by atoms with Crippen LogP contribution in [0.1, 0.15) is 0 Å². The molecule has 0 bridgehead atoms. The topological polar surface area (TPSA) is 73.2 Å². The highest BCUT2D eigenvalue weighted by atomic mass is 32.2. The first-order valence-electron chi connectivity index (χ1n) is 5.30. The molecule has 1 aromatic heterocycles. The molecule has 2 rings (SSSR count). The molecule has 18 heavy (non-hydrogen) atoms. The van der Waals surface area contributed by atoms with Gasteiger partial charge in [0.25, 0.3) is 0 Å². The predicted molar refractivity (Wildman–Crippen MR) is 73.3 cm³/mol. The highest BCUT2D eigenvalue weighted by Gasteiger charge is 2.16. The van der Waals surface area contributed by atoms with Crippen LogP contribution in [-0.4, -0.2) is 30.7 Å². The van der Waals surface area contributed by atoms with Gasteiger partial charge in [0.1, 0.15) is 17.3 Å². The molecular weight excluding hydrogens is 250 g/mol. The number of aromatic amines is 1. The summed E-state index contributed by atoms with van der Waals surface area (Å²) in [6.45, 7) is 0. The summed E-state index contributed by atoms with van der Waals surface area (Å²) in [5.41, 5.74) is 7.53. The number of methoxy groups -OCH3 is 2. The molecule has 6 heteroatoms. The van der Waals surface area contributed by atoms with E-state index in [1.54, 1.807) is 32.2 Å². The number of hydrogen-bond acceptors (Lipinski definition) is 5. The molecule has 0 amide bonds. The van der Waals surface area contributed by atoms with Crippen molar-refractivity contribution in [2.24, 2.45) is 0 Å². The number of nitrogens with one attached hydrogen (secondary N) is 1. The van der Waals surface area contributed by atoms with E-state index in [1.165, 1.54) is 0 Å². The van der Waals surface area contributed by atoms with Crippen LogP contribution in [-0.2, 0) is 0 Å². The van der Waals surface area contributed by atoms with E-state index in [9.17, 15) is 0 Å². The fourth-order valence-corrected chi connectivity index (χ4v) is 2.38. The minimum atomic E-state index is 0.508. The fourth-order valence-electron chi connectivity index (χ4n) is 1.77. The summed E-state index contributed by atoms with van der Waals surface area (Å²) in [5.74, 6) is 2.04. The summed E-state index contributed by atoms with van der Waals surface area (Å²) in [4.78, 5) is 0.993. The Kier molecular flexibility index (Phi) is 3.66. The molecule has 0 saturated heterocycles. The number of nitrogen functional groups attached to an aromatic ring is 1. The lowest BCUT2D eigenvalue weighted by atomic mass is 10.1. The highest BCUT2D eigenvalue weighted by molar-refractivity contribution is 7.98. The van der Waals surface area contributed by atoms with Crippen molar-refractivity contribution in [2.75, 3.05) is 26.2 Å². The monoisotopic (exact) mass is 265 g/mol. The lowest BCUT2D eigenvalue weighted by Gasteiger charge is -2.13. The molecule has 0 aliphatic heterocycles. The molecule has 0 spiro atoms. The summed E-state index contributed by atoms with van der Waals surface area (Å²) >= 11 is 1.59. The Hall–Kier alpha value is -1.82. The summed E-state index contributed by atoms with van der Waals surface area (Å²) in [6, 6.07) is 3.82. The van der Waals surface area contributed by atoms with E-state index in [-0.39, 0.29) is 0 Å². The molecule has 1 aromatic carbocycles. The predicted octanol–water partition coefficient (Wildman–Crippen LogP) is 2.40. The Morgan fingerprint density at radius 2 is 2.00 bits per heavy atom. The van der Waals surface area contributed by atoms with Gasteiger partial charge in [-0.25, -0.2) is 0 Å². The number of nitrogens with zero attached hydrogens (tertiary/aromatic N) is 1. The van der Waals surface area contributed by atoms with E-state index >= 15 is 0 Å². The van der Waals surface area contributed by atoms with Crippen molar-refractivity contribution in [3.63, 3.8) is 0 Å². The molecule has 96 valence electrons. The van der Waals surface area contributed by atoms with Crippen molar-refractivity contribution in [1.29, 1.82) is 0 Å². The van der Waals surface area contributed by atoms with Gasteiger partial charge < -0.3 is 15.2 Å². The van der Waals surface area contributed by atoms with E-state index < -0.39 is 0 Å². The molecule has 2 aromatic rings. The maximum absolute atomic E-state index is 5.86. The molecule has 0 saturated carbocycles. The normalized spacial score (nSPS) is 10.4. The summed E-state index contributed by atoms with van der Waals surface area (Å²) in [5, 5.41) is 6.65. The third kappa shape index (κ3) is 2.11. The first kappa shape index (κ1) is 12.6. The van der Waals surface area contributed by atoms with E-state index in [4.69, 9.17) is 15.2 Å². The Morgan fingerprint density at radius 1 is 1.22 bits per heavy atom. The zero-order valence-corrected chi connectivity index (χ0v) is 11.3. The van der Waals surface area contributed by atoms with Crippen molar-refractivity contribution in [1.82, 2.24) is 10.2 Å². The number of H-pyrrole nitrogens is 1. The standard InChI is InChI=1S/C12H15N3O2S/c1-16-7-4-8(9-6-14-15-12(9)13)11(17-2)10(5-7)18-3/h4-6H,1-3H3,(H3,13,14,15). The average Bonchev–Trinajstić information content (AvgIpc) is 2.83. The molecule has 3 N–H and O–H groups in total. The van der Waals surface area contributed by atoms with Gasteiger partial charge in [-0.2, -0.15) is 5.10 Å². The van der Waals surface area contributed by atoms with Crippen LogP contribution < -0.4 is 15.2 Å². The number of hydrogen-bond donors (Lipinski definition) is 2. The molecule has 0 unspecified atom stereocenters. The van der Waals surface area contributed by atoms with Crippen molar-refractivity contribution >= 4 is 17.6 Å². The summed E-state index contributed by atoms with van der Waals surface area (Å²) in [7, 11) is 3.27. The average molecular weight is 265 g/mol. The van der Waals surface area contributed by atoms with Crippen molar-refractivity contribution in [2.45, 2.75) is 4.90 Å². The zero-order valence-electron chi connectivity index (χ0n) is 10.5. The highest BCUT2D eigenvalue weighted by Crippen LogP contribution is 2.42. The minimum absolute atomic E-state index is 0.508. The molecule has 0 fully saturated rings. The summed E-state index contributed by atoms with van der Waals surface area (Å²) in [6.07, 6.45) is 3.66. The Bertz CT molecular complexity index is 554. The van der Waals surface area contributed by atoms with Crippen LogP contribution in [0.2, 0.25) is 0 Å². The molecule has 0 atom stereocenters. The van der Waals surface area contributed by atoms with Gasteiger partial charge in [0.2, 0.25) is 0 Å². The number of ether oxygens (including phenoxy) is 2. The number of thioether (sulfide) groups is 1. The Balaban J connectivity index is 2.67. The number of rotatable bonds is 4. The third-order valence-electron chi connectivity index (χ3n) is 2.65. The van der Waals surface area contributed by atoms with Crippen LogP contribution in [0.3, 0.4) is 0 Å². The molecule has 5 nitrogen and oxygen atoms in total. The van der Waals surface area contributed by atoms with Crippen molar-refractivity contribution in [3.05, 3.63) is 18.3 Å². The maximum atomic E-state index is 5.86. The van der Waals surface area contributed by atoms with Crippen LogP contribution in [0.25, 0.3) is 11.1 Å². The van der Waals surface area contributed by atoms with Crippen LogP contribution in [0.15, 0.2) is 23.2 Å². The number of nitrogens with two attached hydrogens (primary N) is 1. The van der Waals surface area contributed by atoms with Crippen LogP contribution >= 0.6 is 11.8 Å². The van der Waals surface area contributed by atoms with E-state index in [2.05, 4.69) is 10.2 Å². The smallest absolute Gasteiger partial charge is 0.140 e. The zero-order chi connectivity index (χ0) is 13.1. The molecule has 1 heterocycles.